The van der Waals surface area contributed by atoms with E-state index in [1.54, 1.807) is 24.3 Å². The molecule has 0 spiro atoms. The highest BCUT2D eigenvalue weighted by Crippen LogP contribution is 2.31. The normalized spacial score (nSPS) is 12.6. The first-order valence-corrected chi connectivity index (χ1v) is 6.15. The first-order valence-electron chi connectivity index (χ1n) is 4.97. The van der Waals surface area contributed by atoms with Gasteiger partial charge >= 0.3 is 8.17 Å². The minimum atomic E-state index is -1.68. The summed E-state index contributed by atoms with van der Waals surface area (Å²) >= 11 is 0. The van der Waals surface area contributed by atoms with Crippen LogP contribution in [0.25, 0.3) is 0 Å². The fraction of sp³-hybridized carbons (Fsp3) is 0.167. The van der Waals surface area contributed by atoms with Gasteiger partial charge in [0.1, 0.15) is 0 Å². The molecule has 4 heteroatoms. The van der Waals surface area contributed by atoms with Gasteiger partial charge in [-0.2, -0.15) is 0 Å². The van der Waals surface area contributed by atoms with E-state index in [0.29, 0.717) is 11.5 Å². The fourth-order valence-electron chi connectivity index (χ4n) is 1.04. The van der Waals surface area contributed by atoms with Crippen molar-refractivity contribution < 1.29 is 9.05 Å². The molecule has 0 saturated carbocycles. The quantitative estimate of drug-likeness (QED) is 0.460. The highest BCUT2D eigenvalue weighted by Gasteiger charge is 2.17. The van der Waals surface area contributed by atoms with Gasteiger partial charge in [0.25, 0.3) is 0 Å². The number of hydrogen-bond donors (Lipinski definition) is 1. The van der Waals surface area contributed by atoms with Crippen molar-refractivity contribution in [3.8, 4) is 5.75 Å². The molecule has 0 aromatic heterocycles. The molecule has 0 saturated heterocycles. The molecule has 0 aliphatic rings. The van der Waals surface area contributed by atoms with E-state index in [1.165, 1.54) is 0 Å². The van der Waals surface area contributed by atoms with E-state index in [9.17, 15) is 0 Å². The third-order valence-electron chi connectivity index (χ3n) is 1.74. The molecule has 0 amide bonds. The number of nitrogens with one attached hydrogen (secondary N) is 1. The van der Waals surface area contributed by atoms with Crippen LogP contribution in [0.15, 0.2) is 54.3 Å². The molecule has 0 fully saturated rings. The number of allylic oxidation sites excluding steroid dienone is 3. The van der Waals surface area contributed by atoms with Crippen molar-refractivity contribution in [3.05, 3.63) is 54.3 Å². The Morgan fingerprint density at radius 1 is 1.25 bits per heavy atom. The van der Waals surface area contributed by atoms with Gasteiger partial charge in [-0.3, -0.25) is 0 Å². The third kappa shape index (κ3) is 4.28. The number of para-hydroxylation sites is 1. The van der Waals surface area contributed by atoms with E-state index in [2.05, 4.69) is 0 Å². The first-order chi connectivity index (χ1) is 7.76. The molecular formula is C12H15NO2P+. The van der Waals surface area contributed by atoms with Crippen LogP contribution in [0.3, 0.4) is 0 Å². The maximum absolute atomic E-state index is 7.67. The minimum Gasteiger partial charge on any atom is -0.237 e. The van der Waals surface area contributed by atoms with Crippen molar-refractivity contribution in [1.29, 1.82) is 5.16 Å². The van der Waals surface area contributed by atoms with Gasteiger partial charge in [-0.05, 0) is 43.3 Å². The lowest BCUT2D eigenvalue weighted by Crippen LogP contribution is -1.85. The van der Waals surface area contributed by atoms with Crippen molar-refractivity contribution in [2.75, 3.05) is 0 Å². The first kappa shape index (κ1) is 12.5. The van der Waals surface area contributed by atoms with E-state index in [4.69, 9.17) is 14.2 Å². The second-order valence-electron chi connectivity index (χ2n) is 2.94. The van der Waals surface area contributed by atoms with Crippen LogP contribution >= 0.6 is 8.17 Å². The minimum absolute atomic E-state index is 0.652. The summed E-state index contributed by atoms with van der Waals surface area (Å²) in [7, 11) is -1.68. The van der Waals surface area contributed by atoms with Crippen LogP contribution in [0.1, 0.15) is 13.8 Å². The molecule has 0 bridgehead atoms. The number of hydrogen-bond acceptors (Lipinski definition) is 3. The van der Waals surface area contributed by atoms with E-state index in [-0.39, 0.29) is 0 Å². The lowest BCUT2D eigenvalue weighted by molar-refractivity contribution is 0.425. The summed E-state index contributed by atoms with van der Waals surface area (Å²) in [6.07, 6.45) is 5.47. The van der Waals surface area contributed by atoms with E-state index in [1.807, 2.05) is 38.1 Å². The zero-order chi connectivity index (χ0) is 11.8. The highest BCUT2D eigenvalue weighted by atomic mass is 31.1. The average Bonchev–Trinajstić information content (AvgIpc) is 2.29. The van der Waals surface area contributed by atoms with Crippen molar-refractivity contribution in [2.45, 2.75) is 13.8 Å². The second-order valence-corrected chi connectivity index (χ2v) is 3.82. The van der Waals surface area contributed by atoms with Crippen LogP contribution in [0.2, 0.25) is 0 Å². The van der Waals surface area contributed by atoms with Gasteiger partial charge in [0.2, 0.25) is 0 Å². The Balaban J connectivity index is 2.54. The SMILES string of the molecule is C/C=C\C(=C/C)O[P+](=N)Oc1ccccc1. The third-order valence-corrected chi connectivity index (χ3v) is 2.49. The smallest absolute Gasteiger partial charge is 0.237 e. The Kier molecular flexibility index (Phi) is 5.30. The zero-order valence-corrected chi connectivity index (χ0v) is 10.3. The standard InChI is InChI=1S/C12H15NO2P/c1-3-8-11(4-2)14-16(13)15-12-9-6-5-7-10-12/h3-10,13H,1-2H3/q+1/b8-3-,11-4+. The van der Waals surface area contributed by atoms with Crippen LogP contribution in [0, 0.1) is 5.16 Å². The van der Waals surface area contributed by atoms with Gasteiger partial charge in [-0.25, -0.2) is 9.05 Å². The lowest BCUT2D eigenvalue weighted by Gasteiger charge is -1.95. The molecular weight excluding hydrogens is 221 g/mol. The summed E-state index contributed by atoms with van der Waals surface area (Å²) < 4.78 is 10.7. The van der Waals surface area contributed by atoms with Crippen molar-refractivity contribution >= 4 is 8.17 Å². The molecule has 0 radical (unpaired) electrons. The van der Waals surface area contributed by atoms with Gasteiger partial charge in [0.05, 0.1) is 0 Å². The Labute approximate surface area is 96.8 Å². The van der Waals surface area contributed by atoms with Gasteiger partial charge in [0.15, 0.2) is 11.5 Å². The maximum Gasteiger partial charge on any atom is 0.664 e. The molecule has 1 rings (SSSR count). The van der Waals surface area contributed by atoms with Crippen LogP contribution in [0.5, 0.6) is 5.75 Å². The van der Waals surface area contributed by atoms with Crippen LogP contribution in [-0.2, 0) is 4.52 Å². The van der Waals surface area contributed by atoms with Gasteiger partial charge < -0.3 is 0 Å². The average molecular weight is 236 g/mol. The van der Waals surface area contributed by atoms with Crippen molar-refractivity contribution in [1.82, 2.24) is 0 Å². The Morgan fingerprint density at radius 3 is 2.50 bits per heavy atom. The van der Waals surface area contributed by atoms with Crippen LogP contribution < -0.4 is 4.52 Å². The predicted octanol–water partition coefficient (Wildman–Crippen LogP) is 4.64. The number of benzene rings is 1. The summed E-state index contributed by atoms with van der Waals surface area (Å²) in [6.45, 7) is 3.76. The molecule has 0 aliphatic heterocycles. The largest absolute Gasteiger partial charge is 0.664 e. The topological polar surface area (TPSA) is 42.3 Å². The molecule has 1 atom stereocenters. The summed E-state index contributed by atoms with van der Waals surface area (Å²) in [5.41, 5.74) is 0. The summed E-state index contributed by atoms with van der Waals surface area (Å²) in [6, 6.07) is 9.23. The van der Waals surface area contributed by atoms with Gasteiger partial charge in [0, 0.05) is 0 Å². The van der Waals surface area contributed by atoms with E-state index in [0.717, 1.165) is 0 Å². The molecule has 0 heterocycles. The molecule has 1 unspecified atom stereocenters. The second kappa shape index (κ2) is 6.81. The summed E-state index contributed by atoms with van der Waals surface area (Å²) in [5, 5.41) is 7.67. The predicted molar refractivity (Wildman–Crippen MR) is 66.4 cm³/mol. The molecule has 1 aromatic carbocycles. The molecule has 0 aliphatic carbocycles. The monoisotopic (exact) mass is 236 g/mol. The van der Waals surface area contributed by atoms with Crippen LogP contribution in [-0.4, -0.2) is 0 Å². The number of rotatable bonds is 5. The molecule has 84 valence electrons. The van der Waals surface area contributed by atoms with E-state index >= 15 is 0 Å². The van der Waals surface area contributed by atoms with Crippen LogP contribution in [0.4, 0.5) is 0 Å². The summed E-state index contributed by atoms with van der Waals surface area (Å²) in [4.78, 5) is 0. The molecule has 1 aromatic rings. The Morgan fingerprint density at radius 2 is 1.94 bits per heavy atom. The maximum atomic E-state index is 7.67. The lowest BCUT2D eigenvalue weighted by atomic mass is 10.3. The van der Waals surface area contributed by atoms with Gasteiger partial charge in [-0.15, -0.1) is 0 Å². The van der Waals surface area contributed by atoms with E-state index < -0.39 is 8.17 Å². The molecule has 16 heavy (non-hydrogen) atoms. The van der Waals surface area contributed by atoms with Crippen molar-refractivity contribution in [3.63, 3.8) is 0 Å². The Hall–Kier alpha value is -1.60. The fourth-order valence-corrected chi connectivity index (χ4v) is 1.74. The molecule has 3 nitrogen and oxygen atoms in total. The van der Waals surface area contributed by atoms with Gasteiger partial charge in [-0.1, -0.05) is 24.3 Å². The van der Waals surface area contributed by atoms with Crippen molar-refractivity contribution in [2.24, 2.45) is 0 Å². The Bertz CT molecular complexity index is 399. The zero-order valence-electron chi connectivity index (χ0n) is 9.38. The summed E-state index contributed by atoms with van der Waals surface area (Å²) in [5.74, 6) is 1.30. The highest BCUT2D eigenvalue weighted by molar-refractivity contribution is 7.35. The molecule has 1 N–H and O–H groups in total.